The van der Waals surface area contributed by atoms with E-state index in [-0.39, 0.29) is 11.4 Å². The van der Waals surface area contributed by atoms with Crippen LogP contribution in [0.1, 0.15) is 34.8 Å². The number of thioether (sulfide) groups is 1. The largest absolute Gasteiger partial charge is 0.416 e. The molecule has 4 rings (SSSR count). The lowest BCUT2D eigenvalue weighted by Gasteiger charge is -2.16. The van der Waals surface area contributed by atoms with E-state index in [9.17, 15) is 27.6 Å². The quantitative estimate of drug-likeness (QED) is 0.127. The maximum atomic E-state index is 13.3. The number of anilines is 2. The van der Waals surface area contributed by atoms with E-state index in [2.05, 4.69) is 16.0 Å². The van der Waals surface area contributed by atoms with Gasteiger partial charge in [-0.25, -0.2) is 0 Å². The van der Waals surface area contributed by atoms with Crippen molar-refractivity contribution < 1.29 is 27.6 Å². The maximum absolute atomic E-state index is 13.3. The van der Waals surface area contributed by atoms with Crippen molar-refractivity contribution in [3.63, 3.8) is 0 Å². The lowest BCUT2D eigenvalue weighted by atomic mass is 10.2. The Bertz CT molecular complexity index is 1570. The highest BCUT2D eigenvalue weighted by molar-refractivity contribution is 8.00. The van der Waals surface area contributed by atoms with Crippen molar-refractivity contribution in [3.05, 3.63) is 118 Å². The summed E-state index contributed by atoms with van der Waals surface area (Å²) < 4.78 is 39.2. The molecule has 4 aromatic rings. The summed E-state index contributed by atoms with van der Waals surface area (Å²) in [6.45, 7) is 1.80. The Morgan fingerprint density at radius 3 is 2.29 bits per heavy atom. The van der Waals surface area contributed by atoms with E-state index in [0.29, 0.717) is 22.6 Å². The van der Waals surface area contributed by atoms with Crippen LogP contribution in [0, 0.1) is 0 Å². The minimum Gasteiger partial charge on any atom is -0.325 e. The SMILES string of the molecule is CCC(Sc1cccc(NC(=O)/C(=C/c2ccsc2)NC(=O)c2ccccc2)c1)C(=O)Nc1cccc(C(F)(F)F)c1. The van der Waals surface area contributed by atoms with Gasteiger partial charge in [0.05, 0.1) is 10.8 Å². The summed E-state index contributed by atoms with van der Waals surface area (Å²) in [5, 5.41) is 11.1. The van der Waals surface area contributed by atoms with Crippen LogP contribution in [0.3, 0.4) is 0 Å². The molecule has 0 radical (unpaired) electrons. The monoisotopic (exact) mass is 609 g/mol. The van der Waals surface area contributed by atoms with Gasteiger partial charge in [-0.15, -0.1) is 11.8 Å². The molecule has 0 spiro atoms. The van der Waals surface area contributed by atoms with E-state index in [1.165, 1.54) is 35.2 Å². The summed E-state index contributed by atoms with van der Waals surface area (Å²) in [7, 11) is 0. The lowest BCUT2D eigenvalue weighted by Crippen LogP contribution is -2.30. The van der Waals surface area contributed by atoms with Gasteiger partial charge in [-0.05, 0) is 83.4 Å². The van der Waals surface area contributed by atoms with Crippen LogP contribution in [0.5, 0.6) is 0 Å². The molecule has 0 saturated carbocycles. The second-order valence-corrected chi connectivity index (χ2v) is 11.1. The van der Waals surface area contributed by atoms with Crippen molar-refractivity contribution in [1.29, 1.82) is 0 Å². The first kappa shape index (κ1) is 30.6. The van der Waals surface area contributed by atoms with Gasteiger partial charge in [0.25, 0.3) is 11.8 Å². The first-order chi connectivity index (χ1) is 20.1. The fourth-order valence-electron chi connectivity index (χ4n) is 3.79. The molecule has 1 heterocycles. The Labute approximate surface area is 249 Å². The zero-order valence-corrected chi connectivity index (χ0v) is 23.9. The maximum Gasteiger partial charge on any atom is 0.416 e. The first-order valence-electron chi connectivity index (χ1n) is 12.8. The zero-order chi connectivity index (χ0) is 30.1. The Hall–Kier alpha value is -4.35. The summed E-state index contributed by atoms with van der Waals surface area (Å²) in [5.74, 6) is -1.42. The fourth-order valence-corrected chi connectivity index (χ4v) is 5.43. The van der Waals surface area contributed by atoms with Crippen LogP contribution in [0.2, 0.25) is 0 Å². The van der Waals surface area contributed by atoms with Crippen LogP contribution >= 0.6 is 23.1 Å². The molecule has 216 valence electrons. The van der Waals surface area contributed by atoms with Crippen LogP contribution in [-0.4, -0.2) is 23.0 Å². The third-order valence-electron chi connectivity index (χ3n) is 5.87. The van der Waals surface area contributed by atoms with E-state index in [4.69, 9.17) is 0 Å². The minimum absolute atomic E-state index is 0.0483. The Balaban J connectivity index is 1.46. The second-order valence-electron chi connectivity index (χ2n) is 9.00. The van der Waals surface area contributed by atoms with E-state index < -0.39 is 34.7 Å². The summed E-state index contributed by atoms with van der Waals surface area (Å²) in [6, 6.07) is 21.6. The number of thiophene rings is 1. The molecule has 3 N–H and O–H groups in total. The number of hydrogen-bond acceptors (Lipinski definition) is 5. The predicted octanol–water partition coefficient (Wildman–Crippen LogP) is 7.69. The summed E-state index contributed by atoms with van der Waals surface area (Å²) in [4.78, 5) is 39.6. The van der Waals surface area contributed by atoms with Crippen LogP contribution in [0.15, 0.2) is 106 Å². The molecule has 1 unspecified atom stereocenters. The highest BCUT2D eigenvalue weighted by Gasteiger charge is 2.30. The number of nitrogens with one attached hydrogen (secondary N) is 3. The predicted molar refractivity (Wildman–Crippen MR) is 161 cm³/mol. The number of benzene rings is 3. The molecule has 3 amide bonds. The third kappa shape index (κ3) is 8.58. The first-order valence-corrected chi connectivity index (χ1v) is 14.6. The molecule has 42 heavy (non-hydrogen) atoms. The Kier molecular flexibility index (Phi) is 10.2. The third-order valence-corrected chi connectivity index (χ3v) is 7.93. The van der Waals surface area contributed by atoms with Crippen molar-refractivity contribution in [3.8, 4) is 0 Å². The molecular weight excluding hydrogens is 583 g/mol. The number of carbonyl (C=O) groups is 3. The highest BCUT2D eigenvalue weighted by atomic mass is 32.2. The number of halogens is 3. The van der Waals surface area contributed by atoms with E-state index in [1.807, 2.05) is 16.8 Å². The zero-order valence-electron chi connectivity index (χ0n) is 22.3. The van der Waals surface area contributed by atoms with Crippen molar-refractivity contribution in [2.45, 2.75) is 29.7 Å². The number of rotatable bonds is 10. The van der Waals surface area contributed by atoms with Gasteiger partial charge in [0, 0.05) is 21.8 Å². The molecule has 11 heteroatoms. The molecule has 6 nitrogen and oxygen atoms in total. The van der Waals surface area contributed by atoms with Gasteiger partial charge in [-0.3, -0.25) is 14.4 Å². The van der Waals surface area contributed by atoms with E-state index in [0.717, 1.165) is 17.7 Å². The van der Waals surface area contributed by atoms with Gasteiger partial charge in [-0.2, -0.15) is 24.5 Å². The van der Waals surface area contributed by atoms with Gasteiger partial charge >= 0.3 is 6.18 Å². The van der Waals surface area contributed by atoms with Crippen LogP contribution < -0.4 is 16.0 Å². The molecule has 3 aromatic carbocycles. The lowest BCUT2D eigenvalue weighted by molar-refractivity contribution is -0.137. The van der Waals surface area contributed by atoms with Crippen molar-refractivity contribution in [1.82, 2.24) is 5.32 Å². The summed E-state index contributed by atoms with van der Waals surface area (Å²) in [6.07, 6.45) is -2.53. The molecular formula is C31H26F3N3O3S2. The molecule has 1 atom stereocenters. The van der Waals surface area contributed by atoms with Crippen LogP contribution in [0.25, 0.3) is 6.08 Å². The highest BCUT2D eigenvalue weighted by Crippen LogP contribution is 2.32. The Morgan fingerprint density at radius 1 is 0.905 bits per heavy atom. The van der Waals surface area contributed by atoms with Crippen molar-refractivity contribution >= 4 is 58.3 Å². The van der Waals surface area contributed by atoms with Gasteiger partial charge in [0.2, 0.25) is 5.91 Å². The van der Waals surface area contributed by atoms with Gasteiger partial charge in [0.1, 0.15) is 5.70 Å². The number of alkyl halides is 3. The molecule has 1 aromatic heterocycles. The molecule has 0 aliphatic rings. The molecule has 0 saturated heterocycles. The number of amides is 3. The molecule has 0 aliphatic heterocycles. The topological polar surface area (TPSA) is 87.3 Å². The van der Waals surface area contributed by atoms with Gasteiger partial charge in [-0.1, -0.05) is 37.3 Å². The average molecular weight is 610 g/mol. The Morgan fingerprint density at radius 2 is 1.62 bits per heavy atom. The average Bonchev–Trinajstić information content (AvgIpc) is 3.49. The molecule has 0 aliphatic carbocycles. The van der Waals surface area contributed by atoms with Crippen LogP contribution in [-0.2, 0) is 15.8 Å². The normalized spacial score (nSPS) is 12.3. The molecule has 0 fully saturated rings. The summed E-state index contributed by atoms with van der Waals surface area (Å²) in [5.41, 5.74) is 0.832. The van der Waals surface area contributed by atoms with Gasteiger partial charge in [0.15, 0.2) is 0 Å². The number of carbonyl (C=O) groups excluding carboxylic acids is 3. The summed E-state index contributed by atoms with van der Waals surface area (Å²) >= 11 is 2.67. The fraction of sp³-hybridized carbons (Fsp3) is 0.129. The molecule has 0 bridgehead atoms. The number of hydrogen-bond donors (Lipinski definition) is 3. The standard InChI is InChI=1S/C31H26F3N3O3S2/c1-2-27(30(40)36-23-11-6-10-22(17-23)31(32,33)34)42-25-13-7-12-24(18-25)35-29(39)26(16-20-14-15-41-19-20)37-28(38)21-8-4-3-5-9-21/h3-19,27H,2H2,1H3,(H,35,39)(H,36,40)(H,37,38)/b26-16-. The smallest absolute Gasteiger partial charge is 0.325 e. The van der Waals surface area contributed by atoms with Crippen molar-refractivity contribution in [2.75, 3.05) is 10.6 Å². The second kappa shape index (κ2) is 14.0. The minimum atomic E-state index is -4.52. The van der Waals surface area contributed by atoms with Crippen molar-refractivity contribution in [2.24, 2.45) is 0 Å². The van der Waals surface area contributed by atoms with Gasteiger partial charge < -0.3 is 16.0 Å². The van der Waals surface area contributed by atoms with Crippen LogP contribution in [0.4, 0.5) is 24.5 Å². The van der Waals surface area contributed by atoms with E-state index >= 15 is 0 Å². The van der Waals surface area contributed by atoms with E-state index in [1.54, 1.807) is 67.6 Å².